The maximum absolute atomic E-state index is 10.5. The summed E-state index contributed by atoms with van der Waals surface area (Å²) in [4.78, 5) is 0. The number of ether oxygens (including phenoxy) is 1. The fourth-order valence-electron chi connectivity index (χ4n) is 3.69. The lowest BCUT2D eigenvalue weighted by molar-refractivity contribution is -0.0752. The van der Waals surface area contributed by atoms with Crippen molar-refractivity contribution in [1.29, 1.82) is 0 Å². The van der Waals surface area contributed by atoms with Gasteiger partial charge < -0.3 is 9.84 Å². The van der Waals surface area contributed by atoms with Gasteiger partial charge in [0.2, 0.25) is 0 Å². The third-order valence-corrected chi connectivity index (χ3v) is 4.96. The van der Waals surface area contributed by atoms with Gasteiger partial charge >= 0.3 is 0 Å². The molecule has 1 rings (SSSR count). The van der Waals surface area contributed by atoms with E-state index in [1.54, 1.807) is 0 Å². The summed E-state index contributed by atoms with van der Waals surface area (Å²) in [5, 5.41) is 10.5. The summed E-state index contributed by atoms with van der Waals surface area (Å²) in [5.41, 5.74) is 0. The summed E-state index contributed by atoms with van der Waals surface area (Å²) in [6, 6.07) is 0. The fourth-order valence-corrected chi connectivity index (χ4v) is 3.69. The third-order valence-electron chi connectivity index (χ3n) is 4.96. The number of hydrogen-bond donors (Lipinski definition) is 1. The first-order valence-corrected chi connectivity index (χ1v) is 9.59. The lowest BCUT2D eigenvalue weighted by Crippen LogP contribution is -2.37. The molecule has 0 spiro atoms. The Kier molecular flexibility index (Phi) is 11.3. The van der Waals surface area contributed by atoms with E-state index in [1.165, 1.54) is 70.6 Å². The molecule has 21 heavy (non-hydrogen) atoms. The average Bonchev–Trinajstić information content (AvgIpc) is 2.52. The van der Waals surface area contributed by atoms with E-state index in [1.807, 2.05) is 0 Å². The van der Waals surface area contributed by atoms with Crippen LogP contribution in [0.15, 0.2) is 0 Å². The van der Waals surface area contributed by atoms with E-state index in [-0.39, 0.29) is 12.2 Å². The van der Waals surface area contributed by atoms with Crippen LogP contribution in [0.25, 0.3) is 0 Å². The van der Waals surface area contributed by atoms with Gasteiger partial charge in [0.25, 0.3) is 0 Å². The Morgan fingerprint density at radius 1 is 0.905 bits per heavy atom. The molecule has 0 heterocycles. The van der Waals surface area contributed by atoms with Gasteiger partial charge in [-0.25, -0.2) is 0 Å². The van der Waals surface area contributed by atoms with Crippen molar-refractivity contribution in [3.05, 3.63) is 0 Å². The molecule has 0 amide bonds. The molecular formula is C19H38O2. The smallest absolute Gasteiger partial charge is 0.0861 e. The molecule has 1 aliphatic rings. The second kappa shape index (κ2) is 12.5. The van der Waals surface area contributed by atoms with Crippen LogP contribution in [-0.2, 0) is 4.74 Å². The van der Waals surface area contributed by atoms with Crippen LogP contribution < -0.4 is 0 Å². The van der Waals surface area contributed by atoms with Crippen molar-refractivity contribution in [2.24, 2.45) is 5.92 Å². The molecule has 2 unspecified atom stereocenters. The van der Waals surface area contributed by atoms with Gasteiger partial charge in [-0.2, -0.15) is 0 Å². The van der Waals surface area contributed by atoms with Crippen LogP contribution in [0.3, 0.4) is 0 Å². The molecule has 1 N–H and O–H groups in total. The number of unbranched alkanes of at least 4 members (excludes halogenated alkanes) is 6. The minimum absolute atomic E-state index is 0.0930. The van der Waals surface area contributed by atoms with E-state index in [0.717, 1.165) is 19.4 Å². The van der Waals surface area contributed by atoms with E-state index < -0.39 is 0 Å². The summed E-state index contributed by atoms with van der Waals surface area (Å²) in [6.45, 7) is 5.04. The van der Waals surface area contributed by atoms with Crippen LogP contribution in [-0.4, -0.2) is 23.9 Å². The largest absolute Gasteiger partial charge is 0.390 e. The van der Waals surface area contributed by atoms with Crippen molar-refractivity contribution >= 4 is 0 Å². The van der Waals surface area contributed by atoms with Gasteiger partial charge in [-0.3, -0.25) is 0 Å². The molecule has 1 fully saturated rings. The van der Waals surface area contributed by atoms with Crippen LogP contribution in [0.1, 0.15) is 97.3 Å². The molecule has 2 nitrogen and oxygen atoms in total. The van der Waals surface area contributed by atoms with Crippen molar-refractivity contribution in [1.82, 2.24) is 0 Å². The molecule has 2 heteroatoms. The van der Waals surface area contributed by atoms with E-state index in [2.05, 4.69) is 13.8 Å². The summed E-state index contributed by atoms with van der Waals surface area (Å²) in [6.07, 6.45) is 16.5. The Morgan fingerprint density at radius 3 is 2.14 bits per heavy atom. The van der Waals surface area contributed by atoms with Gasteiger partial charge in [-0.15, -0.1) is 0 Å². The molecule has 0 aromatic carbocycles. The fraction of sp³-hybridized carbons (Fsp3) is 1.00. The van der Waals surface area contributed by atoms with Crippen LogP contribution >= 0.6 is 0 Å². The minimum atomic E-state index is -0.247. The highest BCUT2D eigenvalue weighted by Gasteiger charge is 2.29. The lowest BCUT2D eigenvalue weighted by atomic mass is 9.82. The molecule has 0 aromatic heterocycles. The molecule has 0 aromatic rings. The van der Waals surface area contributed by atoms with Gasteiger partial charge in [-0.05, 0) is 32.1 Å². The molecule has 1 saturated carbocycles. The summed E-state index contributed by atoms with van der Waals surface area (Å²) in [7, 11) is 0. The molecule has 2 atom stereocenters. The maximum Gasteiger partial charge on any atom is 0.0861 e. The molecule has 1 aliphatic carbocycles. The lowest BCUT2D eigenvalue weighted by Gasteiger charge is -2.33. The average molecular weight is 299 g/mol. The third kappa shape index (κ3) is 8.21. The Balaban J connectivity index is 2.17. The van der Waals surface area contributed by atoms with Crippen LogP contribution in [0.4, 0.5) is 0 Å². The summed E-state index contributed by atoms with van der Waals surface area (Å²) >= 11 is 0. The number of aliphatic hydroxyl groups excluding tert-OH is 1. The van der Waals surface area contributed by atoms with Crippen LogP contribution in [0.5, 0.6) is 0 Å². The molecule has 0 radical (unpaired) electrons. The van der Waals surface area contributed by atoms with Gasteiger partial charge in [0.05, 0.1) is 12.2 Å². The van der Waals surface area contributed by atoms with E-state index >= 15 is 0 Å². The van der Waals surface area contributed by atoms with Crippen molar-refractivity contribution in [2.45, 2.75) is 110 Å². The monoisotopic (exact) mass is 298 g/mol. The normalized spacial score (nSPS) is 19.6. The summed E-state index contributed by atoms with van der Waals surface area (Å²) < 4.78 is 5.90. The van der Waals surface area contributed by atoms with Crippen molar-refractivity contribution in [3.63, 3.8) is 0 Å². The Bertz CT molecular complexity index is 224. The summed E-state index contributed by atoms with van der Waals surface area (Å²) in [5.74, 6) is 0.596. The number of hydrogen-bond acceptors (Lipinski definition) is 2. The highest BCUT2D eigenvalue weighted by Crippen LogP contribution is 2.30. The highest BCUT2D eigenvalue weighted by molar-refractivity contribution is 4.80. The topological polar surface area (TPSA) is 29.5 Å². The van der Waals surface area contributed by atoms with Crippen molar-refractivity contribution < 1.29 is 9.84 Å². The molecular weight excluding hydrogens is 260 g/mol. The Morgan fingerprint density at radius 2 is 1.52 bits per heavy atom. The van der Waals surface area contributed by atoms with Crippen LogP contribution in [0.2, 0.25) is 0 Å². The second-order valence-electron chi connectivity index (χ2n) is 6.80. The first-order valence-electron chi connectivity index (χ1n) is 9.59. The molecule has 126 valence electrons. The van der Waals surface area contributed by atoms with Gasteiger partial charge in [0, 0.05) is 6.61 Å². The van der Waals surface area contributed by atoms with E-state index in [0.29, 0.717) is 5.92 Å². The zero-order valence-corrected chi connectivity index (χ0v) is 14.5. The minimum Gasteiger partial charge on any atom is -0.390 e. The van der Waals surface area contributed by atoms with E-state index in [9.17, 15) is 5.11 Å². The Hall–Kier alpha value is -0.0800. The van der Waals surface area contributed by atoms with Crippen LogP contribution in [0, 0.1) is 5.92 Å². The SMILES string of the molecule is CCCCCCCCCC(O)C(OCC)C1CCCCC1. The van der Waals surface area contributed by atoms with Gasteiger partial charge in [0.15, 0.2) is 0 Å². The van der Waals surface area contributed by atoms with E-state index in [4.69, 9.17) is 4.74 Å². The molecule has 0 bridgehead atoms. The first-order chi connectivity index (χ1) is 10.3. The van der Waals surface area contributed by atoms with Crippen molar-refractivity contribution in [2.75, 3.05) is 6.61 Å². The highest BCUT2D eigenvalue weighted by atomic mass is 16.5. The number of aliphatic hydroxyl groups is 1. The predicted octanol–water partition coefficient (Wildman–Crippen LogP) is 5.47. The predicted molar refractivity (Wildman–Crippen MR) is 90.6 cm³/mol. The second-order valence-corrected chi connectivity index (χ2v) is 6.80. The van der Waals surface area contributed by atoms with Crippen molar-refractivity contribution in [3.8, 4) is 0 Å². The number of rotatable bonds is 12. The quantitative estimate of drug-likeness (QED) is 0.484. The Labute approximate surface area is 132 Å². The zero-order valence-electron chi connectivity index (χ0n) is 14.5. The van der Waals surface area contributed by atoms with Gasteiger partial charge in [-0.1, -0.05) is 71.1 Å². The standard InChI is InChI=1S/C19H38O2/c1-3-5-6-7-8-9-13-16-18(20)19(21-4-2)17-14-11-10-12-15-17/h17-20H,3-16H2,1-2H3. The van der Waals surface area contributed by atoms with Gasteiger partial charge in [0.1, 0.15) is 0 Å². The molecule has 0 saturated heterocycles. The molecule has 0 aliphatic heterocycles. The first kappa shape index (κ1) is 19.0. The maximum atomic E-state index is 10.5. The zero-order chi connectivity index (χ0) is 15.3.